The molecule has 1 N–H and O–H groups in total. The Morgan fingerprint density at radius 1 is 1.00 bits per heavy atom. The number of anilines is 1. The molecule has 0 radical (unpaired) electrons. The lowest BCUT2D eigenvalue weighted by atomic mass is 9.73. The van der Waals surface area contributed by atoms with Crippen LogP contribution >= 0.6 is 0 Å². The van der Waals surface area contributed by atoms with Crippen molar-refractivity contribution in [2.24, 2.45) is 0 Å². The van der Waals surface area contributed by atoms with E-state index in [4.69, 9.17) is 0 Å². The number of nitrogens with one attached hydrogen (secondary N) is 1. The molecule has 2 aliphatic heterocycles. The second-order valence-corrected chi connectivity index (χ2v) is 10.5. The van der Waals surface area contributed by atoms with Gasteiger partial charge in [0.1, 0.15) is 6.33 Å². The van der Waals surface area contributed by atoms with Gasteiger partial charge in [0.05, 0.1) is 17.4 Å². The predicted octanol–water partition coefficient (Wildman–Crippen LogP) is 5.48. The number of aromatic nitrogens is 2. The van der Waals surface area contributed by atoms with Gasteiger partial charge in [-0.05, 0) is 64.8 Å². The van der Waals surface area contributed by atoms with Crippen LogP contribution in [0.25, 0.3) is 22.0 Å². The standard InChI is InChI=1S/C31H30N4O2/c1-20(2)22-5-3-21(4-6-22)15-29(36)35-13-11-31(12-14-35)26-16-23(9-10-27(26)34-30(31)37)24-7-8-25-18-32-19-33-28(25)17-24/h3-10,16-20H,11-15H2,1-2H3,(H,34,37). The highest BCUT2D eigenvalue weighted by atomic mass is 16.2. The van der Waals surface area contributed by atoms with Crippen LogP contribution < -0.4 is 5.32 Å². The van der Waals surface area contributed by atoms with Crippen LogP contribution in [-0.4, -0.2) is 39.8 Å². The van der Waals surface area contributed by atoms with Gasteiger partial charge in [-0.3, -0.25) is 9.59 Å². The van der Waals surface area contributed by atoms with Crippen molar-refractivity contribution >= 4 is 28.4 Å². The third-order valence-corrected chi connectivity index (χ3v) is 8.03. The average Bonchev–Trinajstić information content (AvgIpc) is 3.19. The van der Waals surface area contributed by atoms with Crippen LogP contribution in [0.5, 0.6) is 0 Å². The minimum absolute atomic E-state index is 0.0438. The van der Waals surface area contributed by atoms with Crippen LogP contribution in [0.15, 0.2) is 73.2 Å². The Bertz CT molecular complexity index is 1500. The van der Waals surface area contributed by atoms with Crippen molar-refractivity contribution in [2.45, 2.75) is 44.4 Å². The minimum Gasteiger partial charge on any atom is -0.342 e. The summed E-state index contributed by atoms with van der Waals surface area (Å²) in [6, 6.07) is 20.7. The zero-order valence-corrected chi connectivity index (χ0v) is 21.2. The number of hydrogen-bond acceptors (Lipinski definition) is 4. The maximum Gasteiger partial charge on any atom is 0.235 e. The van der Waals surface area contributed by atoms with Crippen LogP contribution in [0.3, 0.4) is 0 Å². The van der Waals surface area contributed by atoms with Crippen molar-refractivity contribution in [2.75, 3.05) is 18.4 Å². The van der Waals surface area contributed by atoms with Crippen LogP contribution in [0.2, 0.25) is 0 Å². The van der Waals surface area contributed by atoms with Crippen LogP contribution in [-0.2, 0) is 21.4 Å². The summed E-state index contributed by atoms with van der Waals surface area (Å²) >= 11 is 0. The Kier molecular flexibility index (Phi) is 5.75. The van der Waals surface area contributed by atoms with Gasteiger partial charge in [0, 0.05) is 30.4 Å². The van der Waals surface area contributed by atoms with Gasteiger partial charge in [-0.1, -0.05) is 56.3 Å². The summed E-state index contributed by atoms with van der Waals surface area (Å²) in [5.41, 5.74) is 6.62. The van der Waals surface area contributed by atoms with E-state index < -0.39 is 5.41 Å². The fraction of sp³-hybridized carbons (Fsp3) is 0.290. The Balaban J connectivity index is 1.21. The topological polar surface area (TPSA) is 75.2 Å². The second kappa shape index (κ2) is 9.11. The van der Waals surface area contributed by atoms with E-state index in [9.17, 15) is 9.59 Å². The molecule has 0 bridgehead atoms. The van der Waals surface area contributed by atoms with Gasteiger partial charge >= 0.3 is 0 Å². The van der Waals surface area contributed by atoms with Crippen molar-refractivity contribution in [3.8, 4) is 11.1 Å². The molecule has 1 spiro atoms. The summed E-state index contributed by atoms with van der Waals surface area (Å²) in [5.74, 6) is 0.638. The predicted molar refractivity (Wildman–Crippen MR) is 145 cm³/mol. The zero-order chi connectivity index (χ0) is 25.6. The fourth-order valence-electron chi connectivity index (χ4n) is 5.69. The van der Waals surface area contributed by atoms with Gasteiger partial charge in [0.2, 0.25) is 11.8 Å². The number of carbonyl (C=O) groups excluding carboxylic acids is 2. The monoisotopic (exact) mass is 490 g/mol. The minimum atomic E-state index is -0.597. The highest BCUT2D eigenvalue weighted by molar-refractivity contribution is 6.07. The van der Waals surface area contributed by atoms with Crippen molar-refractivity contribution in [3.63, 3.8) is 0 Å². The quantitative estimate of drug-likeness (QED) is 0.411. The van der Waals surface area contributed by atoms with Crippen LogP contribution in [0.1, 0.15) is 49.3 Å². The number of benzene rings is 3. The molecule has 0 unspecified atom stereocenters. The lowest BCUT2D eigenvalue weighted by Gasteiger charge is -2.38. The van der Waals surface area contributed by atoms with E-state index in [1.807, 2.05) is 29.3 Å². The van der Waals surface area contributed by atoms with Crippen molar-refractivity contribution in [1.82, 2.24) is 14.9 Å². The summed E-state index contributed by atoms with van der Waals surface area (Å²) in [6.45, 7) is 5.49. The van der Waals surface area contributed by atoms with E-state index in [1.54, 1.807) is 6.33 Å². The summed E-state index contributed by atoms with van der Waals surface area (Å²) < 4.78 is 0. The summed E-state index contributed by atoms with van der Waals surface area (Å²) in [4.78, 5) is 36.7. The Morgan fingerprint density at radius 2 is 1.73 bits per heavy atom. The van der Waals surface area contributed by atoms with Gasteiger partial charge in [-0.15, -0.1) is 0 Å². The molecule has 1 saturated heterocycles. The molecule has 0 aliphatic carbocycles. The first-order valence-electron chi connectivity index (χ1n) is 13.0. The zero-order valence-electron chi connectivity index (χ0n) is 21.2. The van der Waals surface area contributed by atoms with E-state index in [1.165, 1.54) is 5.56 Å². The molecule has 2 amide bonds. The number of carbonyl (C=O) groups is 2. The molecule has 3 aromatic carbocycles. The molecule has 6 rings (SSSR count). The highest BCUT2D eigenvalue weighted by Crippen LogP contribution is 2.46. The molecular formula is C31H30N4O2. The fourth-order valence-corrected chi connectivity index (χ4v) is 5.69. The maximum atomic E-state index is 13.3. The summed E-state index contributed by atoms with van der Waals surface area (Å²) in [7, 11) is 0. The van der Waals surface area contributed by atoms with Crippen molar-refractivity contribution < 1.29 is 9.59 Å². The number of rotatable bonds is 4. The third-order valence-electron chi connectivity index (χ3n) is 8.03. The lowest BCUT2D eigenvalue weighted by molar-refractivity contribution is -0.134. The molecule has 4 aromatic rings. The SMILES string of the molecule is CC(C)c1ccc(CC(=O)N2CCC3(CC2)C(=O)Nc2ccc(-c4ccc5cncnc5c4)cc23)cc1. The van der Waals surface area contributed by atoms with Gasteiger partial charge in [-0.25, -0.2) is 9.97 Å². The molecule has 186 valence electrons. The summed E-state index contributed by atoms with van der Waals surface area (Å²) in [6.07, 6.45) is 5.00. The number of nitrogens with zero attached hydrogens (tertiary/aromatic N) is 3. The number of amides is 2. The van der Waals surface area contributed by atoms with Crippen LogP contribution in [0, 0.1) is 0 Å². The first-order chi connectivity index (χ1) is 17.9. The van der Waals surface area contributed by atoms with Gasteiger partial charge in [0.25, 0.3) is 0 Å². The van der Waals surface area contributed by atoms with E-state index in [0.29, 0.717) is 38.3 Å². The number of hydrogen-bond donors (Lipinski definition) is 1. The normalized spacial score (nSPS) is 16.3. The molecule has 3 heterocycles. The van der Waals surface area contributed by atoms with E-state index in [2.05, 4.69) is 71.6 Å². The van der Waals surface area contributed by atoms with Crippen molar-refractivity contribution in [1.29, 1.82) is 0 Å². The maximum absolute atomic E-state index is 13.3. The second-order valence-electron chi connectivity index (χ2n) is 10.5. The first-order valence-corrected chi connectivity index (χ1v) is 13.0. The molecule has 6 heteroatoms. The largest absolute Gasteiger partial charge is 0.342 e. The first kappa shape index (κ1) is 23.3. The number of fused-ring (bicyclic) bond motifs is 3. The van der Waals surface area contributed by atoms with Gasteiger partial charge < -0.3 is 10.2 Å². The molecule has 2 aliphatic rings. The van der Waals surface area contributed by atoms with E-state index in [0.717, 1.165) is 38.8 Å². The third kappa shape index (κ3) is 4.16. The van der Waals surface area contributed by atoms with Gasteiger partial charge in [0.15, 0.2) is 0 Å². The Labute approximate surface area is 216 Å². The highest BCUT2D eigenvalue weighted by Gasteiger charge is 2.49. The van der Waals surface area contributed by atoms with Gasteiger partial charge in [-0.2, -0.15) is 0 Å². The lowest BCUT2D eigenvalue weighted by Crippen LogP contribution is -2.48. The number of piperidine rings is 1. The number of likely N-dealkylation sites (tertiary alicyclic amines) is 1. The Morgan fingerprint density at radius 3 is 2.49 bits per heavy atom. The van der Waals surface area contributed by atoms with Crippen LogP contribution in [0.4, 0.5) is 5.69 Å². The molecule has 0 atom stereocenters. The Hall–Kier alpha value is -4.06. The van der Waals surface area contributed by atoms with Crippen molar-refractivity contribution in [3.05, 3.63) is 89.9 Å². The van der Waals surface area contributed by atoms with E-state index in [-0.39, 0.29) is 11.8 Å². The smallest absolute Gasteiger partial charge is 0.235 e. The molecule has 0 saturated carbocycles. The summed E-state index contributed by atoms with van der Waals surface area (Å²) in [5, 5.41) is 4.10. The average molecular weight is 491 g/mol. The molecule has 1 fully saturated rings. The molecule has 1 aromatic heterocycles. The molecule has 37 heavy (non-hydrogen) atoms. The molecular weight excluding hydrogens is 460 g/mol. The molecule has 6 nitrogen and oxygen atoms in total. The van der Waals surface area contributed by atoms with E-state index >= 15 is 0 Å².